The van der Waals surface area contributed by atoms with Crippen molar-refractivity contribution in [2.24, 2.45) is 0 Å². The highest BCUT2D eigenvalue weighted by Crippen LogP contribution is 2.17. The zero-order valence-electron chi connectivity index (χ0n) is 12.0. The zero-order chi connectivity index (χ0) is 15.5. The fraction of sp³-hybridized carbons (Fsp3) is 0.500. The molecule has 1 amide bonds. The van der Waals surface area contributed by atoms with Crippen LogP contribution in [0.25, 0.3) is 0 Å². The second kappa shape index (κ2) is 6.44. The first-order valence-electron chi connectivity index (χ1n) is 6.86. The van der Waals surface area contributed by atoms with Gasteiger partial charge in [0.15, 0.2) is 9.84 Å². The molecule has 1 aliphatic heterocycles. The molecule has 2 rings (SSSR count). The summed E-state index contributed by atoms with van der Waals surface area (Å²) in [6.45, 7) is 1.14. The van der Waals surface area contributed by atoms with Crippen LogP contribution in [0.3, 0.4) is 0 Å². The first-order valence-corrected chi connectivity index (χ1v) is 8.76. The Morgan fingerprint density at radius 2 is 2.14 bits per heavy atom. The van der Waals surface area contributed by atoms with Gasteiger partial charge in [0.2, 0.25) is 0 Å². The molecule has 21 heavy (non-hydrogen) atoms. The number of sulfone groups is 1. The maximum Gasteiger partial charge on any atom is 0.251 e. The van der Waals surface area contributed by atoms with E-state index in [2.05, 4.69) is 5.32 Å². The maximum absolute atomic E-state index is 12.1. The number of nitrogen functional groups attached to an aromatic ring is 1. The van der Waals surface area contributed by atoms with Crippen LogP contribution in [-0.4, -0.2) is 39.8 Å². The summed E-state index contributed by atoms with van der Waals surface area (Å²) in [5, 5.41) is 2.76. The Morgan fingerprint density at radius 3 is 2.76 bits per heavy atom. The van der Waals surface area contributed by atoms with Crippen LogP contribution >= 0.6 is 0 Å². The predicted molar refractivity (Wildman–Crippen MR) is 79.9 cm³/mol. The molecule has 0 aliphatic carbocycles. The molecule has 1 saturated heterocycles. The largest absolute Gasteiger partial charge is 0.399 e. The molecular weight excluding hydrogens is 292 g/mol. The Labute approximate surface area is 124 Å². The van der Waals surface area contributed by atoms with Crippen LogP contribution in [-0.2, 0) is 14.6 Å². The number of carbonyl (C=O) groups excluding carboxylic acids is 1. The molecule has 0 saturated carbocycles. The molecule has 1 aromatic carbocycles. The zero-order valence-corrected chi connectivity index (χ0v) is 12.8. The van der Waals surface area contributed by atoms with Crippen LogP contribution < -0.4 is 11.1 Å². The summed E-state index contributed by atoms with van der Waals surface area (Å²) in [7, 11) is -3.40. The van der Waals surface area contributed by atoms with E-state index in [4.69, 9.17) is 10.5 Å². The minimum atomic E-state index is -3.40. The highest BCUT2D eigenvalue weighted by atomic mass is 32.2. The van der Waals surface area contributed by atoms with Crippen LogP contribution in [0, 0.1) is 0 Å². The summed E-state index contributed by atoms with van der Waals surface area (Å²) in [5.41, 5.74) is 6.15. The molecule has 1 heterocycles. The van der Waals surface area contributed by atoms with E-state index in [1.807, 2.05) is 0 Å². The SMILES string of the molecule is CS(=O)(=O)c1cc(N)cc(C(=O)NCC2CCCCO2)c1. The third-order valence-electron chi connectivity index (χ3n) is 3.38. The van der Waals surface area contributed by atoms with E-state index in [-0.39, 0.29) is 28.2 Å². The van der Waals surface area contributed by atoms with Crippen molar-refractivity contribution in [3.05, 3.63) is 23.8 Å². The number of hydrogen-bond donors (Lipinski definition) is 2. The molecule has 6 nitrogen and oxygen atoms in total. The molecule has 0 spiro atoms. The van der Waals surface area contributed by atoms with Crippen molar-refractivity contribution in [1.82, 2.24) is 5.32 Å². The van der Waals surface area contributed by atoms with E-state index in [0.29, 0.717) is 6.54 Å². The Balaban J connectivity index is 2.06. The number of amides is 1. The van der Waals surface area contributed by atoms with E-state index >= 15 is 0 Å². The van der Waals surface area contributed by atoms with Gasteiger partial charge in [-0.25, -0.2) is 8.42 Å². The first kappa shape index (κ1) is 15.8. The molecule has 0 aromatic heterocycles. The minimum Gasteiger partial charge on any atom is -0.399 e. The van der Waals surface area contributed by atoms with Crippen molar-refractivity contribution in [2.75, 3.05) is 25.1 Å². The molecule has 1 fully saturated rings. The van der Waals surface area contributed by atoms with Crippen molar-refractivity contribution in [3.63, 3.8) is 0 Å². The van der Waals surface area contributed by atoms with Crippen molar-refractivity contribution in [2.45, 2.75) is 30.3 Å². The average molecular weight is 312 g/mol. The third kappa shape index (κ3) is 4.44. The van der Waals surface area contributed by atoms with Gasteiger partial charge in [-0.2, -0.15) is 0 Å². The number of benzene rings is 1. The van der Waals surface area contributed by atoms with Crippen molar-refractivity contribution >= 4 is 21.4 Å². The number of ether oxygens (including phenoxy) is 1. The first-order chi connectivity index (χ1) is 9.86. The molecule has 1 atom stereocenters. The molecule has 1 aliphatic rings. The monoisotopic (exact) mass is 312 g/mol. The molecule has 116 valence electrons. The van der Waals surface area contributed by atoms with E-state index < -0.39 is 9.84 Å². The van der Waals surface area contributed by atoms with Crippen LogP contribution in [0.4, 0.5) is 5.69 Å². The third-order valence-corrected chi connectivity index (χ3v) is 4.48. The van der Waals surface area contributed by atoms with Gasteiger partial charge in [0.05, 0.1) is 11.0 Å². The van der Waals surface area contributed by atoms with Crippen molar-refractivity contribution in [1.29, 1.82) is 0 Å². The summed E-state index contributed by atoms with van der Waals surface area (Å²) in [6.07, 6.45) is 4.18. The van der Waals surface area contributed by atoms with E-state index in [0.717, 1.165) is 32.1 Å². The lowest BCUT2D eigenvalue weighted by Gasteiger charge is -2.22. The fourth-order valence-corrected chi connectivity index (χ4v) is 2.94. The van der Waals surface area contributed by atoms with Gasteiger partial charge < -0.3 is 15.8 Å². The Bertz CT molecular complexity index is 622. The summed E-state index contributed by atoms with van der Waals surface area (Å²) in [4.78, 5) is 12.1. The quantitative estimate of drug-likeness (QED) is 0.807. The topological polar surface area (TPSA) is 98.5 Å². The van der Waals surface area contributed by atoms with Gasteiger partial charge in [-0.15, -0.1) is 0 Å². The number of rotatable bonds is 4. The average Bonchev–Trinajstić information content (AvgIpc) is 2.44. The molecule has 0 radical (unpaired) electrons. The van der Waals surface area contributed by atoms with Gasteiger partial charge in [-0.3, -0.25) is 4.79 Å². The lowest BCUT2D eigenvalue weighted by atomic mass is 10.1. The fourth-order valence-electron chi connectivity index (χ4n) is 2.24. The van der Waals surface area contributed by atoms with Crippen LogP contribution in [0.15, 0.2) is 23.1 Å². The van der Waals surface area contributed by atoms with Crippen molar-refractivity contribution in [3.8, 4) is 0 Å². The standard InChI is InChI=1S/C14H20N2O4S/c1-21(18,19)13-7-10(6-11(15)8-13)14(17)16-9-12-4-2-3-5-20-12/h6-8,12H,2-5,9,15H2,1H3,(H,16,17). The minimum absolute atomic E-state index is 0.0261. The van der Waals surface area contributed by atoms with E-state index in [9.17, 15) is 13.2 Å². The predicted octanol–water partition coefficient (Wildman–Crippen LogP) is 0.971. The van der Waals surface area contributed by atoms with Gasteiger partial charge in [0, 0.05) is 30.7 Å². The highest BCUT2D eigenvalue weighted by molar-refractivity contribution is 7.90. The van der Waals surface area contributed by atoms with Crippen LogP contribution in [0.1, 0.15) is 29.6 Å². The molecular formula is C14H20N2O4S. The number of carbonyl (C=O) groups is 1. The normalized spacial score (nSPS) is 19.2. The maximum atomic E-state index is 12.1. The number of hydrogen-bond acceptors (Lipinski definition) is 5. The molecule has 1 unspecified atom stereocenters. The van der Waals surface area contributed by atoms with Gasteiger partial charge in [0.25, 0.3) is 5.91 Å². The second-order valence-corrected chi connectivity index (χ2v) is 7.28. The summed E-state index contributed by atoms with van der Waals surface area (Å²) >= 11 is 0. The smallest absolute Gasteiger partial charge is 0.251 e. The lowest BCUT2D eigenvalue weighted by Crippen LogP contribution is -2.35. The Morgan fingerprint density at radius 1 is 1.38 bits per heavy atom. The highest BCUT2D eigenvalue weighted by Gasteiger charge is 2.17. The Kier molecular flexibility index (Phi) is 4.84. The van der Waals surface area contributed by atoms with Crippen LogP contribution in [0.2, 0.25) is 0 Å². The van der Waals surface area contributed by atoms with Gasteiger partial charge in [0.1, 0.15) is 0 Å². The molecule has 3 N–H and O–H groups in total. The van der Waals surface area contributed by atoms with E-state index in [1.165, 1.54) is 18.2 Å². The van der Waals surface area contributed by atoms with Gasteiger partial charge >= 0.3 is 0 Å². The summed E-state index contributed by atoms with van der Waals surface area (Å²) < 4.78 is 28.6. The van der Waals surface area contributed by atoms with E-state index in [1.54, 1.807) is 0 Å². The van der Waals surface area contributed by atoms with Gasteiger partial charge in [-0.1, -0.05) is 0 Å². The van der Waals surface area contributed by atoms with Crippen molar-refractivity contribution < 1.29 is 17.9 Å². The number of anilines is 1. The molecule has 7 heteroatoms. The Hall–Kier alpha value is -1.60. The molecule has 0 bridgehead atoms. The lowest BCUT2D eigenvalue weighted by molar-refractivity contribution is 0.0169. The van der Waals surface area contributed by atoms with Gasteiger partial charge in [-0.05, 0) is 37.5 Å². The summed E-state index contributed by atoms with van der Waals surface area (Å²) in [5.74, 6) is -0.346. The number of nitrogens with one attached hydrogen (secondary N) is 1. The number of nitrogens with two attached hydrogens (primary N) is 1. The molecule has 1 aromatic rings. The second-order valence-electron chi connectivity index (χ2n) is 5.26. The summed E-state index contributed by atoms with van der Waals surface area (Å²) in [6, 6.07) is 4.14. The van der Waals surface area contributed by atoms with Crippen LogP contribution in [0.5, 0.6) is 0 Å².